The molecule has 2 aromatic rings. The Kier molecular flexibility index (Phi) is 4.38. The van der Waals surface area contributed by atoms with Crippen molar-refractivity contribution in [2.75, 3.05) is 11.2 Å². The molecule has 0 saturated heterocycles. The quantitative estimate of drug-likeness (QED) is 0.594. The first-order valence-electron chi connectivity index (χ1n) is 5.21. The van der Waals surface area contributed by atoms with Crippen LogP contribution in [0.15, 0.2) is 36.4 Å². The van der Waals surface area contributed by atoms with Gasteiger partial charge in [0.1, 0.15) is 5.82 Å². The Balaban J connectivity index is 2.48. The molecule has 0 aliphatic carbocycles. The monoisotopic (exact) mass is 301 g/mol. The van der Waals surface area contributed by atoms with Gasteiger partial charge in [0.15, 0.2) is 0 Å². The first-order chi connectivity index (χ1) is 8.61. The largest absolute Gasteiger partial charge is 0.376 e. The summed E-state index contributed by atoms with van der Waals surface area (Å²) in [4.78, 5) is 0. The highest BCUT2D eigenvalue weighted by atomic mass is 35.5. The number of hydrogen-bond donors (Lipinski definition) is 2. The molecule has 0 amide bonds. The van der Waals surface area contributed by atoms with Crippen LogP contribution in [0.1, 0.15) is 0 Å². The summed E-state index contributed by atoms with van der Waals surface area (Å²) in [6, 6.07) is 9.58. The van der Waals surface area contributed by atoms with Gasteiger partial charge in [-0.05, 0) is 29.8 Å². The number of benzene rings is 2. The van der Waals surface area contributed by atoms with E-state index in [-0.39, 0.29) is 5.82 Å². The zero-order chi connectivity index (χ0) is 13.1. The highest BCUT2D eigenvalue weighted by Crippen LogP contribution is 2.37. The van der Waals surface area contributed by atoms with E-state index in [4.69, 9.17) is 23.2 Å². The Hall–Kier alpha value is -0.900. The molecule has 0 aromatic heterocycles. The second-order valence-corrected chi connectivity index (χ2v) is 4.79. The summed E-state index contributed by atoms with van der Waals surface area (Å²) in [6.45, 7) is 0. The lowest BCUT2D eigenvalue weighted by molar-refractivity contribution is 0.628. The number of nitrogens with one attached hydrogen (secondary N) is 1. The van der Waals surface area contributed by atoms with E-state index in [0.29, 0.717) is 21.5 Å². The van der Waals surface area contributed by atoms with Gasteiger partial charge in [0.05, 0.1) is 15.9 Å². The molecular formula is C13H10Cl2FNS. The molecule has 18 heavy (non-hydrogen) atoms. The van der Waals surface area contributed by atoms with Crippen LogP contribution in [0.3, 0.4) is 0 Å². The van der Waals surface area contributed by atoms with Gasteiger partial charge in [-0.1, -0.05) is 35.3 Å². The summed E-state index contributed by atoms with van der Waals surface area (Å²) in [5.74, 6) is 0.196. The van der Waals surface area contributed by atoms with E-state index in [2.05, 4.69) is 17.9 Å². The highest BCUT2D eigenvalue weighted by molar-refractivity contribution is 7.80. The standard InChI is InChI=1S/C13H10Cl2FNS/c14-11-5-10(17-7-18)6-12(15)13(11)8-1-3-9(16)4-2-8/h1-6,17-18H,7H2. The van der Waals surface area contributed by atoms with Crippen LogP contribution < -0.4 is 5.32 Å². The van der Waals surface area contributed by atoms with Crippen molar-refractivity contribution in [3.63, 3.8) is 0 Å². The van der Waals surface area contributed by atoms with E-state index >= 15 is 0 Å². The topological polar surface area (TPSA) is 12.0 Å². The molecule has 2 rings (SSSR count). The maximum Gasteiger partial charge on any atom is 0.123 e. The average Bonchev–Trinajstić information content (AvgIpc) is 2.31. The van der Waals surface area contributed by atoms with Gasteiger partial charge in [-0.25, -0.2) is 4.39 Å². The van der Waals surface area contributed by atoms with Crippen LogP contribution in [-0.4, -0.2) is 5.88 Å². The minimum Gasteiger partial charge on any atom is -0.376 e. The lowest BCUT2D eigenvalue weighted by atomic mass is 10.1. The number of anilines is 1. The molecule has 2 aromatic carbocycles. The molecule has 0 saturated carbocycles. The van der Waals surface area contributed by atoms with Gasteiger partial charge in [0, 0.05) is 11.3 Å². The molecule has 1 N–H and O–H groups in total. The van der Waals surface area contributed by atoms with Crippen LogP contribution in [-0.2, 0) is 0 Å². The van der Waals surface area contributed by atoms with Crippen LogP contribution in [0.25, 0.3) is 11.1 Å². The van der Waals surface area contributed by atoms with E-state index in [9.17, 15) is 4.39 Å². The van der Waals surface area contributed by atoms with Gasteiger partial charge < -0.3 is 5.32 Å². The van der Waals surface area contributed by atoms with Crippen molar-refractivity contribution in [1.82, 2.24) is 0 Å². The van der Waals surface area contributed by atoms with Crippen LogP contribution in [0.5, 0.6) is 0 Å². The molecule has 0 atom stereocenters. The Morgan fingerprint density at radius 3 is 2.11 bits per heavy atom. The Morgan fingerprint density at radius 2 is 1.61 bits per heavy atom. The van der Waals surface area contributed by atoms with E-state index in [1.165, 1.54) is 12.1 Å². The average molecular weight is 302 g/mol. The van der Waals surface area contributed by atoms with Crippen LogP contribution >= 0.6 is 35.8 Å². The Labute approximate surface area is 120 Å². The summed E-state index contributed by atoms with van der Waals surface area (Å²) in [5.41, 5.74) is 2.28. The molecule has 0 aliphatic rings. The van der Waals surface area contributed by atoms with Crippen molar-refractivity contribution in [3.8, 4) is 11.1 Å². The van der Waals surface area contributed by atoms with E-state index in [0.717, 1.165) is 11.3 Å². The number of halogens is 3. The second kappa shape index (κ2) is 5.83. The zero-order valence-electron chi connectivity index (χ0n) is 9.25. The van der Waals surface area contributed by atoms with E-state index in [1.807, 2.05) is 0 Å². The molecule has 1 nitrogen and oxygen atoms in total. The number of thiol groups is 1. The van der Waals surface area contributed by atoms with Crippen LogP contribution in [0.4, 0.5) is 10.1 Å². The third kappa shape index (κ3) is 2.91. The lowest BCUT2D eigenvalue weighted by Gasteiger charge is -2.11. The fraction of sp³-hybridized carbons (Fsp3) is 0.0769. The van der Waals surface area contributed by atoms with Crippen LogP contribution in [0.2, 0.25) is 10.0 Å². The lowest BCUT2D eigenvalue weighted by Crippen LogP contribution is -1.95. The van der Waals surface area contributed by atoms with E-state index < -0.39 is 0 Å². The molecular weight excluding hydrogens is 292 g/mol. The molecule has 94 valence electrons. The van der Waals surface area contributed by atoms with Gasteiger partial charge >= 0.3 is 0 Å². The fourth-order valence-corrected chi connectivity index (χ4v) is 2.55. The maximum absolute atomic E-state index is 12.9. The van der Waals surface area contributed by atoms with E-state index in [1.54, 1.807) is 24.3 Å². The Bertz CT molecular complexity index is 534. The smallest absolute Gasteiger partial charge is 0.123 e. The Morgan fingerprint density at radius 1 is 1.06 bits per heavy atom. The molecule has 0 aliphatic heterocycles. The van der Waals surface area contributed by atoms with Crippen molar-refractivity contribution in [3.05, 3.63) is 52.3 Å². The summed E-state index contributed by atoms with van der Waals surface area (Å²) in [5, 5.41) is 4.04. The molecule has 0 unspecified atom stereocenters. The first-order valence-corrected chi connectivity index (χ1v) is 6.60. The number of rotatable bonds is 3. The van der Waals surface area contributed by atoms with Gasteiger partial charge in [-0.2, -0.15) is 12.6 Å². The van der Waals surface area contributed by atoms with Gasteiger partial charge in [0.25, 0.3) is 0 Å². The van der Waals surface area contributed by atoms with Gasteiger partial charge in [-0.3, -0.25) is 0 Å². The second-order valence-electron chi connectivity index (χ2n) is 3.66. The molecule has 0 bridgehead atoms. The van der Waals surface area contributed by atoms with Gasteiger partial charge in [-0.15, -0.1) is 0 Å². The van der Waals surface area contributed by atoms with Gasteiger partial charge in [0.2, 0.25) is 0 Å². The SMILES string of the molecule is Fc1ccc(-c2c(Cl)cc(NCS)cc2Cl)cc1. The molecule has 5 heteroatoms. The van der Waals surface area contributed by atoms with Crippen molar-refractivity contribution in [2.45, 2.75) is 0 Å². The normalized spacial score (nSPS) is 10.4. The summed E-state index contributed by atoms with van der Waals surface area (Å²) < 4.78 is 12.9. The third-order valence-corrected chi connectivity index (χ3v) is 3.21. The van der Waals surface area contributed by atoms with Crippen molar-refractivity contribution >= 4 is 41.5 Å². The van der Waals surface area contributed by atoms with Crippen LogP contribution in [0, 0.1) is 5.82 Å². The predicted molar refractivity (Wildman–Crippen MR) is 79.3 cm³/mol. The molecule has 0 fully saturated rings. The minimum absolute atomic E-state index is 0.292. The maximum atomic E-state index is 12.9. The van der Waals surface area contributed by atoms with Crippen molar-refractivity contribution < 1.29 is 4.39 Å². The minimum atomic E-state index is -0.292. The zero-order valence-corrected chi connectivity index (χ0v) is 11.7. The van der Waals surface area contributed by atoms with Crippen molar-refractivity contribution in [1.29, 1.82) is 0 Å². The third-order valence-electron chi connectivity index (χ3n) is 2.46. The van der Waals surface area contributed by atoms with Crippen molar-refractivity contribution in [2.24, 2.45) is 0 Å². The molecule has 0 spiro atoms. The predicted octanol–water partition coefficient (Wildman–Crippen LogP) is 5.10. The highest BCUT2D eigenvalue weighted by Gasteiger charge is 2.10. The fourth-order valence-electron chi connectivity index (χ4n) is 1.66. The first kappa shape index (κ1) is 13.5. The number of hydrogen-bond acceptors (Lipinski definition) is 2. The summed E-state index contributed by atoms with van der Waals surface area (Å²) in [7, 11) is 0. The summed E-state index contributed by atoms with van der Waals surface area (Å²) >= 11 is 16.5. The summed E-state index contributed by atoms with van der Waals surface area (Å²) in [6.07, 6.45) is 0. The molecule has 0 radical (unpaired) electrons. The molecule has 0 heterocycles.